The van der Waals surface area contributed by atoms with E-state index in [0.29, 0.717) is 21.4 Å². The second kappa shape index (κ2) is 4.59. The zero-order valence-electron chi connectivity index (χ0n) is 10.1. The van der Waals surface area contributed by atoms with Crippen LogP contribution in [-0.4, -0.2) is 10.2 Å². The van der Waals surface area contributed by atoms with E-state index in [4.69, 9.17) is 4.42 Å². The molecule has 0 N–H and O–H groups in total. The maximum atomic E-state index is 12.0. The largest absolute Gasteiger partial charge is 0.422 e. The standard InChI is InChI=1S/C14H9BrN2O2/c1-8-2-4-12-9(6-8)7-10(14(18)19-12)11-3-5-13(15)17-16-11/h2-7H,1H3. The Morgan fingerprint density at radius 2 is 1.95 bits per heavy atom. The molecule has 0 atom stereocenters. The van der Waals surface area contributed by atoms with Crippen molar-refractivity contribution in [3.63, 3.8) is 0 Å². The molecule has 0 saturated heterocycles. The topological polar surface area (TPSA) is 56.0 Å². The number of aromatic nitrogens is 2. The number of aryl methyl sites for hydroxylation is 1. The first kappa shape index (κ1) is 12.0. The highest BCUT2D eigenvalue weighted by molar-refractivity contribution is 9.10. The summed E-state index contributed by atoms with van der Waals surface area (Å²) in [6, 6.07) is 10.9. The fourth-order valence-corrected chi connectivity index (χ4v) is 2.09. The average molecular weight is 317 g/mol. The van der Waals surface area contributed by atoms with E-state index in [1.165, 1.54) is 0 Å². The molecule has 0 amide bonds. The monoisotopic (exact) mass is 316 g/mol. The maximum Gasteiger partial charge on any atom is 0.345 e. The van der Waals surface area contributed by atoms with Gasteiger partial charge in [0, 0.05) is 5.39 Å². The van der Waals surface area contributed by atoms with Crippen LogP contribution < -0.4 is 5.63 Å². The number of benzene rings is 1. The summed E-state index contributed by atoms with van der Waals surface area (Å²) in [6.07, 6.45) is 0. The lowest BCUT2D eigenvalue weighted by Crippen LogP contribution is -2.04. The summed E-state index contributed by atoms with van der Waals surface area (Å²) in [7, 11) is 0. The van der Waals surface area contributed by atoms with E-state index in [-0.39, 0.29) is 0 Å². The van der Waals surface area contributed by atoms with Crippen molar-refractivity contribution in [3.05, 3.63) is 57.0 Å². The van der Waals surface area contributed by atoms with Crippen LogP contribution in [0.3, 0.4) is 0 Å². The number of hydrogen-bond donors (Lipinski definition) is 0. The lowest BCUT2D eigenvalue weighted by Gasteiger charge is -2.02. The van der Waals surface area contributed by atoms with E-state index in [1.54, 1.807) is 24.3 Å². The van der Waals surface area contributed by atoms with Gasteiger partial charge >= 0.3 is 5.63 Å². The van der Waals surface area contributed by atoms with Crippen LogP contribution >= 0.6 is 15.9 Å². The van der Waals surface area contributed by atoms with Crippen molar-refractivity contribution in [3.8, 4) is 11.3 Å². The van der Waals surface area contributed by atoms with Gasteiger partial charge in [-0.25, -0.2) is 4.79 Å². The third-order valence-electron chi connectivity index (χ3n) is 2.80. The minimum Gasteiger partial charge on any atom is -0.422 e. The highest BCUT2D eigenvalue weighted by atomic mass is 79.9. The molecular formula is C14H9BrN2O2. The highest BCUT2D eigenvalue weighted by Crippen LogP contribution is 2.20. The first-order valence-corrected chi connectivity index (χ1v) is 6.47. The predicted octanol–water partition coefficient (Wildman–Crippen LogP) is 3.32. The summed E-state index contributed by atoms with van der Waals surface area (Å²) in [5.74, 6) is 0. The van der Waals surface area contributed by atoms with Gasteiger partial charge in [-0.3, -0.25) is 0 Å². The van der Waals surface area contributed by atoms with Crippen LogP contribution in [0.5, 0.6) is 0 Å². The lowest BCUT2D eigenvalue weighted by molar-refractivity contribution is 0.563. The minimum absolute atomic E-state index is 0.409. The molecule has 4 nitrogen and oxygen atoms in total. The summed E-state index contributed by atoms with van der Waals surface area (Å²) in [6.45, 7) is 1.99. The van der Waals surface area contributed by atoms with Crippen LogP contribution in [0.4, 0.5) is 0 Å². The molecule has 3 rings (SSSR count). The highest BCUT2D eigenvalue weighted by Gasteiger charge is 2.09. The van der Waals surface area contributed by atoms with E-state index in [9.17, 15) is 4.79 Å². The smallest absolute Gasteiger partial charge is 0.345 e. The number of hydrogen-bond acceptors (Lipinski definition) is 4. The minimum atomic E-state index is -0.409. The molecule has 3 aromatic rings. The normalized spacial score (nSPS) is 10.8. The van der Waals surface area contributed by atoms with E-state index in [2.05, 4.69) is 26.1 Å². The van der Waals surface area contributed by atoms with Crippen molar-refractivity contribution < 1.29 is 4.42 Å². The van der Waals surface area contributed by atoms with Crippen LogP contribution in [0.25, 0.3) is 22.2 Å². The average Bonchev–Trinajstić information content (AvgIpc) is 2.40. The van der Waals surface area contributed by atoms with Crippen LogP contribution in [0.15, 0.2) is 50.2 Å². The molecule has 0 aliphatic heterocycles. The quantitative estimate of drug-likeness (QED) is 0.646. The maximum absolute atomic E-state index is 12.0. The number of nitrogens with zero attached hydrogens (tertiary/aromatic N) is 2. The van der Waals surface area contributed by atoms with Crippen molar-refractivity contribution >= 4 is 26.9 Å². The molecule has 0 unspecified atom stereocenters. The van der Waals surface area contributed by atoms with Gasteiger partial charge in [-0.05, 0) is 53.2 Å². The van der Waals surface area contributed by atoms with Gasteiger partial charge < -0.3 is 4.42 Å². The SMILES string of the molecule is Cc1ccc2oc(=O)c(-c3ccc(Br)nn3)cc2c1. The second-order valence-electron chi connectivity index (χ2n) is 4.23. The zero-order valence-corrected chi connectivity index (χ0v) is 11.6. The molecule has 5 heteroatoms. The molecule has 0 aliphatic carbocycles. The fourth-order valence-electron chi connectivity index (χ4n) is 1.88. The number of fused-ring (bicyclic) bond motifs is 1. The molecule has 19 heavy (non-hydrogen) atoms. The Hall–Kier alpha value is -2.01. The summed E-state index contributed by atoms with van der Waals surface area (Å²) in [5, 5.41) is 8.74. The Kier molecular flexibility index (Phi) is 2.91. The van der Waals surface area contributed by atoms with Gasteiger partial charge in [0.1, 0.15) is 15.9 Å². The molecule has 0 spiro atoms. The van der Waals surface area contributed by atoms with Crippen LogP contribution in [0.2, 0.25) is 0 Å². The molecule has 0 bridgehead atoms. The Morgan fingerprint density at radius 1 is 1.11 bits per heavy atom. The van der Waals surface area contributed by atoms with Crippen LogP contribution in [0.1, 0.15) is 5.56 Å². The van der Waals surface area contributed by atoms with E-state index in [0.717, 1.165) is 10.9 Å². The van der Waals surface area contributed by atoms with Gasteiger partial charge in [-0.1, -0.05) is 11.6 Å². The predicted molar refractivity (Wildman–Crippen MR) is 75.9 cm³/mol. The summed E-state index contributed by atoms with van der Waals surface area (Å²) in [5.41, 5.74) is 2.19. The van der Waals surface area contributed by atoms with Gasteiger partial charge in [0.25, 0.3) is 0 Å². The molecule has 94 valence electrons. The third-order valence-corrected chi connectivity index (χ3v) is 3.22. The molecule has 0 radical (unpaired) electrons. The Balaban J connectivity index is 2.26. The van der Waals surface area contributed by atoms with Gasteiger partial charge in [-0.2, -0.15) is 0 Å². The molecule has 2 aromatic heterocycles. The van der Waals surface area contributed by atoms with Crippen molar-refractivity contribution in [1.82, 2.24) is 10.2 Å². The Bertz CT molecular complexity index is 810. The van der Waals surface area contributed by atoms with E-state index < -0.39 is 5.63 Å². The summed E-state index contributed by atoms with van der Waals surface area (Å²) >= 11 is 3.21. The van der Waals surface area contributed by atoms with Crippen molar-refractivity contribution in [1.29, 1.82) is 0 Å². The fraction of sp³-hybridized carbons (Fsp3) is 0.0714. The van der Waals surface area contributed by atoms with Crippen molar-refractivity contribution in [2.75, 3.05) is 0 Å². The van der Waals surface area contributed by atoms with Crippen molar-refractivity contribution in [2.24, 2.45) is 0 Å². The molecule has 1 aromatic carbocycles. The lowest BCUT2D eigenvalue weighted by atomic mass is 10.1. The van der Waals surface area contributed by atoms with E-state index >= 15 is 0 Å². The van der Waals surface area contributed by atoms with Gasteiger partial charge in [-0.15, -0.1) is 10.2 Å². The van der Waals surface area contributed by atoms with Gasteiger partial charge in [0.2, 0.25) is 0 Å². The molecule has 0 aliphatic rings. The summed E-state index contributed by atoms with van der Waals surface area (Å²) < 4.78 is 5.92. The molecular weight excluding hydrogens is 308 g/mol. The number of halogens is 1. The summed E-state index contributed by atoms with van der Waals surface area (Å²) in [4.78, 5) is 12.0. The second-order valence-corrected chi connectivity index (χ2v) is 5.04. The molecule has 2 heterocycles. The first-order chi connectivity index (χ1) is 9.13. The number of rotatable bonds is 1. The van der Waals surface area contributed by atoms with E-state index in [1.807, 2.05) is 19.1 Å². The molecule has 0 fully saturated rings. The Labute approximate surface area is 117 Å². The van der Waals surface area contributed by atoms with Crippen LogP contribution in [0, 0.1) is 6.92 Å². The van der Waals surface area contributed by atoms with Crippen molar-refractivity contribution in [2.45, 2.75) is 6.92 Å². The van der Waals surface area contributed by atoms with Gasteiger partial charge in [0.05, 0.1) is 5.56 Å². The Morgan fingerprint density at radius 3 is 2.68 bits per heavy atom. The van der Waals surface area contributed by atoms with Crippen LogP contribution in [-0.2, 0) is 0 Å². The molecule has 0 saturated carbocycles. The third kappa shape index (κ3) is 2.29. The first-order valence-electron chi connectivity index (χ1n) is 5.67. The van der Waals surface area contributed by atoms with Gasteiger partial charge in [0.15, 0.2) is 0 Å². The zero-order chi connectivity index (χ0) is 13.4.